The van der Waals surface area contributed by atoms with Gasteiger partial charge < -0.3 is 30.0 Å². The molecule has 2 aromatic rings. The monoisotopic (exact) mass is 413 g/mol. The molecule has 8 heteroatoms. The first kappa shape index (κ1) is 22.7. The predicted octanol–water partition coefficient (Wildman–Crippen LogP) is 2.13. The molecule has 0 radical (unpaired) electrons. The fraction of sp³-hybridized carbons (Fsp3) is 0.318. The number of carbonyl (C=O) groups excluding carboxylic acids is 3. The van der Waals surface area contributed by atoms with Crippen LogP contribution in [0.3, 0.4) is 0 Å². The van der Waals surface area contributed by atoms with Crippen LogP contribution < -0.4 is 15.7 Å². The summed E-state index contributed by atoms with van der Waals surface area (Å²) in [5.41, 5.74) is 1.68. The van der Waals surface area contributed by atoms with Crippen LogP contribution in [0.1, 0.15) is 30.4 Å². The second kappa shape index (κ2) is 12.8. The summed E-state index contributed by atoms with van der Waals surface area (Å²) in [7, 11) is 0. The number of nitrogens with one attached hydrogen (secondary N) is 2. The third-order valence-electron chi connectivity index (χ3n) is 4.19. The summed E-state index contributed by atoms with van der Waals surface area (Å²) in [6.45, 7) is 0.543. The molecule has 0 aliphatic carbocycles. The summed E-state index contributed by atoms with van der Waals surface area (Å²) in [5.74, 6) is -1.39. The number of carboxylic acids is 1. The maximum Gasteiger partial charge on any atom is 0.407 e. The van der Waals surface area contributed by atoms with Gasteiger partial charge in [0.15, 0.2) is 0 Å². The third kappa shape index (κ3) is 9.09. The van der Waals surface area contributed by atoms with Gasteiger partial charge in [0.2, 0.25) is 0 Å². The normalized spacial score (nSPS) is 11.2. The van der Waals surface area contributed by atoms with Gasteiger partial charge in [0, 0.05) is 6.54 Å². The summed E-state index contributed by atoms with van der Waals surface area (Å²) >= 11 is 0. The van der Waals surface area contributed by atoms with Crippen molar-refractivity contribution in [2.45, 2.75) is 38.5 Å². The molecule has 2 aromatic carbocycles. The summed E-state index contributed by atoms with van der Waals surface area (Å²) in [6, 6.07) is 17.2. The number of hydrogen-bond acceptors (Lipinski definition) is 6. The Kier molecular flexibility index (Phi) is 9.72. The first-order chi connectivity index (χ1) is 14.5. The minimum Gasteiger partial charge on any atom is -0.548 e. The van der Waals surface area contributed by atoms with E-state index in [0.29, 0.717) is 19.4 Å². The van der Waals surface area contributed by atoms with Gasteiger partial charge >= 0.3 is 12.2 Å². The van der Waals surface area contributed by atoms with Crippen molar-refractivity contribution in [1.82, 2.24) is 10.6 Å². The van der Waals surface area contributed by atoms with Crippen LogP contribution in [0.25, 0.3) is 0 Å². The van der Waals surface area contributed by atoms with Crippen LogP contribution in [-0.4, -0.2) is 30.7 Å². The molecule has 0 heterocycles. The number of unbranched alkanes of at least 4 members (excludes halogenated alkanes) is 1. The molecule has 8 nitrogen and oxygen atoms in total. The van der Waals surface area contributed by atoms with Crippen LogP contribution >= 0.6 is 0 Å². The van der Waals surface area contributed by atoms with Gasteiger partial charge in [0.25, 0.3) is 0 Å². The van der Waals surface area contributed by atoms with Crippen LogP contribution in [0.4, 0.5) is 9.59 Å². The molecule has 0 aliphatic heterocycles. The molecule has 0 aliphatic rings. The summed E-state index contributed by atoms with van der Waals surface area (Å²) in [6.07, 6.45) is -0.237. The highest BCUT2D eigenvalue weighted by atomic mass is 16.6. The Labute approximate surface area is 175 Å². The number of hydrogen-bond donors (Lipinski definition) is 2. The highest BCUT2D eigenvalue weighted by molar-refractivity contribution is 5.78. The Morgan fingerprint density at radius 3 is 1.87 bits per heavy atom. The van der Waals surface area contributed by atoms with E-state index < -0.39 is 24.2 Å². The topological polar surface area (TPSA) is 117 Å². The number of amides is 2. The highest BCUT2D eigenvalue weighted by Gasteiger charge is 2.14. The van der Waals surface area contributed by atoms with Crippen molar-refractivity contribution in [2.75, 3.05) is 6.54 Å². The average Bonchev–Trinajstić information content (AvgIpc) is 2.76. The quantitative estimate of drug-likeness (QED) is 0.545. The van der Waals surface area contributed by atoms with Crippen molar-refractivity contribution in [3.8, 4) is 0 Å². The van der Waals surface area contributed by atoms with Crippen LogP contribution in [0.5, 0.6) is 0 Å². The fourth-order valence-electron chi connectivity index (χ4n) is 2.59. The molecular weight excluding hydrogens is 388 g/mol. The van der Waals surface area contributed by atoms with Crippen LogP contribution in [0.2, 0.25) is 0 Å². The number of benzene rings is 2. The number of carbonyl (C=O) groups is 3. The van der Waals surface area contributed by atoms with E-state index in [4.69, 9.17) is 9.47 Å². The molecule has 160 valence electrons. The van der Waals surface area contributed by atoms with Gasteiger partial charge in [-0.3, -0.25) is 0 Å². The minimum absolute atomic E-state index is 0.0431. The molecule has 0 saturated carbocycles. The zero-order valence-corrected chi connectivity index (χ0v) is 16.5. The van der Waals surface area contributed by atoms with E-state index in [1.54, 1.807) is 12.1 Å². The zero-order valence-electron chi connectivity index (χ0n) is 16.5. The van der Waals surface area contributed by atoms with Gasteiger partial charge in [-0.2, -0.15) is 0 Å². The van der Waals surface area contributed by atoms with E-state index in [1.165, 1.54) is 0 Å². The number of ether oxygens (including phenoxy) is 2. The largest absolute Gasteiger partial charge is 0.548 e. The van der Waals surface area contributed by atoms with Crippen molar-refractivity contribution in [3.63, 3.8) is 0 Å². The van der Waals surface area contributed by atoms with E-state index >= 15 is 0 Å². The summed E-state index contributed by atoms with van der Waals surface area (Å²) < 4.78 is 10.1. The highest BCUT2D eigenvalue weighted by Crippen LogP contribution is 2.04. The van der Waals surface area contributed by atoms with Crippen molar-refractivity contribution in [1.29, 1.82) is 0 Å². The lowest BCUT2D eigenvalue weighted by atomic mass is 10.1. The zero-order chi connectivity index (χ0) is 21.6. The van der Waals surface area contributed by atoms with Crippen molar-refractivity contribution in [3.05, 3.63) is 71.8 Å². The Morgan fingerprint density at radius 2 is 1.33 bits per heavy atom. The molecule has 0 spiro atoms. The molecule has 30 heavy (non-hydrogen) atoms. The number of rotatable bonds is 11. The van der Waals surface area contributed by atoms with Gasteiger partial charge in [0.1, 0.15) is 13.2 Å². The molecular formula is C22H25N2O6-. The van der Waals surface area contributed by atoms with Crippen molar-refractivity contribution in [2.24, 2.45) is 0 Å². The maximum atomic E-state index is 11.8. The van der Waals surface area contributed by atoms with Crippen LogP contribution in [0, 0.1) is 0 Å². The molecule has 2 amide bonds. The van der Waals surface area contributed by atoms with Crippen molar-refractivity contribution < 1.29 is 29.0 Å². The van der Waals surface area contributed by atoms with Crippen LogP contribution in [-0.2, 0) is 27.5 Å². The summed E-state index contributed by atoms with van der Waals surface area (Å²) in [5, 5.41) is 16.1. The summed E-state index contributed by atoms with van der Waals surface area (Å²) in [4.78, 5) is 34.7. The lowest BCUT2D eigenvalue weighted by molar-refractivity contribution is -0.308. The second-order valence-corrected chi connectivity index (χ2v) is 6.56. The van der Waals surface area contributed by atoms with Crippen LogP contribution in [0.15, 0.2) is 60.7 Å². The number of aliphatic carboxylic acids is 1. The van der Waals surface area contributed by atoms with E-state index in [1.807, 2.05) is 48.5 Å². The Bertz CT molecular complexity index is 798. The lowest BCUT2D eigenvalue weighted by Gasteiger charge is -2.19. The van der Waals surface area contributed by atoms with Gasteiger partial charge in [-0.05, 0) is 30.4 Å². The van der Waals surface area contributed by atoms with Crippen molar-refractivity contribution >= 4 is 18.2 Å². The number of carboxylic acid groups (broad SMARTS) is 1. The molecule has 1 atom stereocenters. The SMILES string of the molecule is O=C(NCCCC[C@H](NC(=O)OCc1ccccc1)C(=O)[O-])OCc1ccccc1. The minimum atomic E-state index is -1.39. The lowest BCUT2D eigenvalue weighted by Crippen LogP contribution is -2.48. The first-order valence-corrected chi connectivity index (χ1v) is 9.67. The molecule has 0 fully saturated rings. The van der Waals surface area contributed by atoms with E-state index in [-0.39, 0.29) is 19.6 Å². The van der Waals surface area contributed by atoms with E-state index in [9.17, 15) is 19.5 Å². The van der Waals surface area contributed by atoms with E-state index in [2.05, 4.69) is 10.6 Å². The fourth-order valence-corrected chi connectivity index (χ4v) is 2.59. The second-order valence-electron chi connectivity index (χ2n) is 6.56. The number of alkyl carbamates (subject to hydrolysis) is 2. The smallest absolute Gasteiger partial charge is 0.407 e. The Morgan fingerprint density at radius 1 is 0.800 bits per heavy atom. The molecule has 0 aromatic heterocycles. The van der Waals surface area contributed by atoms with Gasteiger partial charge in [-0.1, -0.05) is 60.7 Å². The third-order valence-corrected chi connectivity index (χ3v) is 4.19. The molecule has 2 rings (SSSR count). The maximum absolute atomic E-state index is 11.8. The Balaban J connectivity index is 1.59. The van der Waals surface area contributed by atoms with Gasteiger partial charge in [-0.15, -0.1) is 0 Å². The van der Waals surface area contributed by atoms with E-state index in [0.717, 1.165) is 11.1 Å². The molecule has 2 N–H and O–H groups in total. The van der Waals surface area contributed by atoms with Gasteiger partial charge in [0.05, 0.1) is 12.0 Å². The standard InChI is InChI=1S/C22H26N2O6/c25-20(26)19(24-22(28)30-16-18-11-5-2-6-12-18)13-7-8-14-23-21(27)29-15-17-9-3-1-4-10-17/h1-6,9-12,19H,7-8,13-16H2,(H,23,27)(H,24,28)(H,25,26)/p-1/t19-/m0/s1. The predicted molar refractivity (Wildman–Crippen MR) is 107 cm³/mol. The van der Waals surface area contributed by atoms with Gasteiger partial charge in [-0.25, -0.2) is 9.59 Å². The Hall–Kier alpha value is -3.55. The first-order valence-electron chi connectivity index (χ1n) is 9.67. The molecule has 0 unspecified atom stereocenters. The molecule has 0 bridgehead atoms. The molecule has 0 saturated heterocycles. The average molecular weight is 413 g/mol.